The largest absolute Gasteiger partial charge is 0.378 e. The number of nitrogens with zero attached hydrogens (tertiary/aromatic N) is 3. The van der Waals surface area contributed by atoms with Crippen LogP contribution in [0.1, 0.15) is 12.1 Å². The second kappa shape index (κ2) is 6.87. The minimum Gasteiger partial charge on any atom is -0.378 e. The van der Waals surface area contributed by atoms with E-state index in [1.165, 1.54) is 0 Å². The van der Waals surface area contributed by atoms with Crippen molar-refractivity contribution in [2.24, 2.45) is 0 Å². The summed E-state index contributed by atoms with van der Waals surface area (Å²) in [4.78, 5) is 10.9. The summed E-state index contributed by atoms with van der Waals surface area (Å²) >= 11 is 0. The van der Waals surface area contributed by atoms with Crippen LogP contribution in [0.4, 0.5) is 23.1 Å². The lowest BCUT2D eigenvalue weighted by Gasteiger charge is -2.15. The monoisotopic (exact) mass is 361 g/mol. The molecule has 8 heteroatoms. The molecular formula is C17H23N5O2S. The van der Waals surface area contributed by atoms with E-state index in [-0.39, 0.29) is 17.5 Å². The summed E-state index contributed by atoms with van der Waals surface area (Å²) in [5.74, 6) is 1.49. The van der Waals surface area contributed by atoms with Crippen molar-refractivity contribution in [3.8, 4) is 0 Å². The van der Waals surface area contributed by atoms with Crippen LogP contribution in [-0.4, -0.2) is 50.0 Å². The van der Waals surface area contributed by atoms with Gasteiger partial charge in [0.1, 0.15) is 5.82 Å². The normalized spacial score (nSPS) is 18.8. The molecule has 25 heavy (non-hydrogen) atoms. The molecule has 1 saturated heterocycles. The number of aryl methyl sites for hydroxylation is 1. The van der Waals surface area contributed by atoms with E-state index in [2.05, 4.69) is 20.6 Å². The van der Waals surface area contributed by atoms with Crippen molar-refractivity contribution in [1.29, 1.82) is 0 Å². The van der Waals surface area contributed by atoms with Crippen molar-refractivity contribution in [1.82, 2.24) is 9.97 Å². The quantitative estimate of drug-likeness (QED) is 0.844. The first-order valence-electron chi connectivity index (χ1n) is 8.18. The zero-order valence-electron chi connectivity index (χ0n) is 14.7. The predicted molar refractivity (Wildman–Crippen MR) is 102 cm³/mol. The molecule has 3 rings (SSSR count). The molecule has 1 unspecified atom stereocenters. The molecule has 1 aromatic carbocycles. The van der Waals surface area contributed by atoms with Gasteiger partial charge in [0.2, 0.25) is 5.95 Å². The molecular weight excluding hydrogens is 338 g/mol. The van der Waals surface area contributed by atoms with Crippen LogP contribution in [0, 0.1) is 6.92 Å². The van der Waals surface area contributed by atoms with Gasteiger partial charge in [-0.2, -0.15) is 4.98 Å². The highest BCUT2D eigenvalue weighted by Crippen LogP contribution is 2.21. The van der Waals surface area contributed by atoms with Gasteiger partial charge in [0.05, 0.1) is 11.5 Å². The molecule has 0 bridgehead atoms. The van der Waals surface area contributed by atoms with Crippen molar-refractivity contribution in [3.63, 3.8) is 0 Å². The summed E-state index contributed by atoms with van der Waals surface area (Å²) in [6.45, 7) is 1.89. The topological polar surface area (TPSA) is 87.2 Å². The molecule has 2 aromatic rings. The summed E-state index contributed by atoms with van der Waals surface area (Å²) in [6.07, 6.45) is 0.592. The van der Waals surface area contributed by atoms with Crippen molar-refractivity contribution in [3.05, 3.63) is 36.0 Å². The third-order valence-electron chi connectivity index (χ3n) is 4.08. The second-order valence-corrected chi connectivity index (χ2v) is 8.76. The fourth-order valence-electron chi connectivity index (χ4n) is 2.78. The highest BCUT2D eigenvalue weighted by molar-refractivity contribution is 7.91. The van der Waals surface area contributed by atoms with Crippen molar-refractivity contribution < 1.29 is 8.42 Å². The van der Waals surface area contributed by atoms with Gasteiger partial charge in [-0.1, -0.05) is 0 Å². The average molecular weight is 361 g/mol. The van der Waals surface area contributed by atoms with Gasteiger partial charge in [-0.15, -0.1) is 0 Å². The molecule has 0 radical (unpaired) electrons. The fraction of sp³-hybridized carbons (Fsp3) is 0.412. The smallest absolute Gasteiger partial charge is 0.225 e. The molecule has 2 N–H and O–H groups in total. The van der Waals surface area contributed by atoms with E-state index in [9.17, 15) is 8.42 Å². The van der Waals surface area contributed by atoms with Gasteiger partial charge in [-0.25, -0.2) is 13.4 Å². The maximum atomic E-state index is 11.6. The van der Waals surface area contributed by atoms with Gasteiger partial charge in [0.25, 0.3) is 0 Å². The number of sulfone groups is 1. The van der Waals surface area contributed by atoms with Gasteiger partial charge >= 0.3 is 0 Å². The summed E-state index contributed by atoms with van der Waals surface area (Å²) in [5.41, 5.74) is 2.86. The van der Waals surface area contributed by atoms with Gasteiger partial charge in [0.15, 0.2) is 9.84 Å². The number of aromatic nitrogens is 2. The lowest BCUT2D eigenvalue weighted by molar-refractivity contribution is 0.602. The highest BCUT2D eigenvalue weighted by atomic mass is 32.2. The zero-order chi connectivity index (χ0) is 18.0. The van der Waals surface area contributed by atoms with Crippen LogP contribution >= 0.6 is 0 Å². The number of anilines is 4. The molecule has 0 aliphatic carbocycles. The van der Waals surface area contributed by atoms with E-state index in [0.717, 1.165) is 17.1 Å². The number of hydrogen-bond donors (Lipinski definition) is 2. The summed E-state index contributed by atoms with van der Waals surface area (Å²) in [7, 11) is 1.06. The second-order valence-electron chi connectivity index (χ2n) is 6.53. The Morgan fingerprint density at radius 1 is 1.16 bits per heavy atom. The predicted octanol–water partition coefficient (Wildman–Crippen LogP) is 2.19. The summed E-state index contributed by atoms with van der Waals surface area (Å²) in [6, 6.07) is 9.76. The number of hydrogen-bond acceptors (Lipinski definition) is 7. The summed E-state index contributed by atoms with van der Waals surface area (Å²) in [5, 5.41) is 6.40. The molecule has 2 heterocycles. The van der Waals surface area contributed by atoms with Crippen LogP contribution in [0.2, 0.25) is 0 Å². The van der Waals surface area contributed by atoms with Crippen LogP contribution in [0.5, 0.6) is 0 Å². The Hall–Kier alpha value is -2.35. The molecule has 0 saturated carbocycles. The Kier molecular flexibility index (Phi) is 4.80. The number of benzene rings is 1. The lowest BCUT2D eigenvalue weighted by atomic mass is 10.2. The van der Waals surface area contributed by atoms with E-state index in [4.69, 9.17) is 0 Å². The number of nitrogens with one attached hydrogen (secondary N) is 2. The van der Waals surface area contributed by atoms with E-state index < -0.39 is 9.84 Å². The Bertz CT molecular complexity index is 850. The maximum Gasteiger partial charge on any atom is 0.225 e. The molecule has 1 aliphatic heterocycles. The third kappa shape index (κ3) is 4.60. The van der Waals surface area contributed by atoms with E-state index >= 15 is 0 Å². The Morgan fingerprint density at radius 2 is 1.88 bits per heavy atom. The minimum absolute atomic E-state index is 0.126. The standard InChI is InChI=1S/C17H23N5O2S/c1-12-10-16(19-13-4-6-15(7-5-13)22(2)3)21-17(18-12)20-14-8-9-25(23,24)11-14/h4-7,10,14H,8-9,11H2,1-3H3,(H2,18,19,20,21). The SMILES string of the molecule is Cc1cc(Nc2ccc(N(C)C)cc2)nc(NC2CCS(=O)(=O)C2)n1. The van der Waals surface area contributed by atoms with E-state index in [1.807, 2.05) is 56.3 Å². The third-order valence-corrected chi connectivity index (χ3v) is 5.84. The lowest BCUT2D eigenvalue weighted by Crippen LogP contribution is -2.22. The Labute approximate surface area is 148 Å². The van der Waals surface area contributed by atoms with Crippen molar-refractivity contribution >= 4 is 33.0 Å². The van der Waals surface area contributed by atoms with Crippen LogP contribution in [0.25, 0.3) is 0 Å². The van der Waals surface area contributed by atoms with Gasteiger partial charge in [-0.05, 0) is 37.6 Å². The zero-order valence-corrected chi connectivity index (χ0v) is 15.5. The fourth-order valence-corrected chi connectivity index (χ4v) is 4.45. The summed E-state index contributed by atoms with van der Waals surface area (Å²) < 4.78 is 23.2. The van der Waals surface area contributed by atoms with Gasteiger partial charge in [-0.3, -0.25) is 0 Å². The first-order valence-corrected chi connectivity index (χ1v) is 10.00. The van der Waals surface area contributed by atoms with Crippen LogP contribution in [0.15, 0.2) is 30.3 Å². The first-order chi connectivity index (χ1) is 11.8. The van der Waals surface area contributed by atoms with E-state index in [1.54, 1.807) is 0 Å². The maximum absolute atomic E-state index is 11.6. The Balaban J connectivity index is 1.73. The van der Waals surface area contributed by atoms with Gasteiger partial charge in [0, 0.05) is 43.3 Å². The Morgan fingerprint density at radius 3 is 2.48 bits per heavy atom. The van der Waals surface area contributed by atoms with Crippen LogP contribution < -0.4 is 15.5 Å². The van der Waals surface area contributed by atoms with E-state index in [0.29, 0.717) is 18.2 Å². The molecule has 1 aromatic heterocycles. The highest BCUT2D eigenvalue weighted by Gasteiger charge is 2.28. The average Bonchev–Trinajstić information content (AvgIpc) is 2.86. The molecule has 134 valence electrons. The molecule has 1 atom stereocenters. The number of rotatable bonds is 5. The van der Waals surface area contributed by atoms with Gasteiger partial charge < -0.3 is 15.5 Å². The molecule has 1 fully saturated rings. The van der Waals surface area contributed by atoms with Crippen molar-refractivity contribution in [2.75, 3.05) is 41.1 Å². The van der Waals surface area contributed by atoms with Crippen molar-refractivity contribution in [2.45, 2.75) is 19.4 Å². The molecule has 1 aliphatic rings. The molecule has 0 amide bonds. The molecule has 7 nitrogen and oxygen atoms in total. The van der Waals surface area contributed by atoms with Crippen LogP contribution in [0.3, 0.4) is 0 Å². The van der Waals surface area contributed by atoms with Crippen LogP contribution in [-0.2, 0) is 9.84 Å². The molecule has 0 spiro atoms. The minimum atomic E-state index is -2.93. The first kappa shape index (κ1) is 17.5.